The number of anilines is 2. The van der Waals surface area contributed by atoms with E-state index in [1.807, 2.05) is 13.0 Å². The molecule has 2 N–H and O–H groups in total. The van der Waals surface area contributed by atoms with Gasteiger partial charge < -0.3 is 5.32 Å². The Labute approximate surface area is 183 Å². The fourth-order valence-electron chi connectivity index (χ4n) is 2.69. The topological polar surface area (TPSA) is 75.3 Å². The number of benzene rings is 3. The van der Waals surface area contributed by atoms with Gasteiger partial charge in [-0.05, 0) is 67.4 Å². The molecule has 30 heavy (non-hydrogen) atoms. The molecule has 0 fully saturated rings. The van der Waals surface area contributed by atoms with Crippen molar-refractivity contribution in [2.75, 3.05) is 10.0 Å². The van der Waals surface area contributed by atoms with E-state index in [0.717, 1.165) is 17.2 Å². The number of hydrogen-bond donors (Lipinski definition) is 2. The van der Waals surface area contributed by atoms with Crippen LogP contribution >= 0.6 is 23.2 Å². The molecular formula is C21H17Cl2FN2O3S. The second kappa shape index (κ2) is 8.63. The molecule has 0 atom stereocenters. The number of carbonyl (C=O) groups is 1. The fourth-order valence-corrected chi connectivity index (χ4v) is 4.52. The van der Waals surface area contributed by atoms with Crippen molar-refractivity contribution in [2.24, 2.45) is 0 Å². The van der Waals surface area contributed by atoms with Crippen LogP contribution < -0.4 is 10.0 Å². The highest BCUT2D eigenvalue weighted by Crippen LogP contribution is 2.28. The van der Waals surface area contributed by atoms with Crippen LogP contribution in [0.15, 0.2) is 59.5 Å². The first-order valence-corrected chi connectivity index (χ1v) is 11.0. The molecule has 0 unspecified atom stereocenters. The molecule has 3 rings (SSSR count). The van der Waals surface area contributed by atoms with Gasteiger partial charge in [0, 0.05) is 11.3 Å². The summed E-state index contributed by atoms with van der Waals surface area (Å²) in [6.07, 6.45) is 0. The van der Waals surface area contributed by atoms with Crippen LogP contribution in [0.3, 0.4) is 0 Å². The Morgan fingerprint density at radius 2 is 1.70 bits per heavy atom. The molecular weight excluding hydrogens is 450 g/mol. The minimum Gasteiger partial charge on any atom is -0.322 e. The first kappa shape index (κ1) is 22.1. The number of rotatable bonds is 5. The lowest BCUT2D eigenvalue weighted by atomic mass is 10.1. The molecule has 5 nitrogen and oxygen atoms in total. The van der Waals surface area contributed by atoms with E-state index in [-0.39, 0.29) is 26.2 Å². The van der Waals surface area contributed by atoms with Gasteiger partial charge in [0.25, 0.3) is 15.9 Å². The number of aryl methyl sites for hydroxylation is 1. The van der Waals surface area contributed by atoms with Crippen LogP contribution in [0.2, 0.25) is 10.0 Å². The number of halogens is 3. The van der Waals surface area contributed by atoms with Crippen molar-refractivity contribution < 1.29 is 17.6 Å². The fraction of sp³-hybridized carbons (Fsp3) is 0.0952. The van der Waals surface area contributed by atoms with E-state index >= 15 is 0 Å². The van der Waals surface area contributed by atoms with E-state index in [4.69, 9.17) is 23.2 Å². The Morgan fingerprint density at radius 3 is 2.40 bits per heavy atom. The SMILES string of the molecule is Cc1cccc(NS(=O)(=O)c2cc(C(=O)Nc3ccc(F)c(Cl)c3)ccc2Cl)c1C. The maximum atomic E-state index is 13.3. The Morgan fingerprint density at radius 1 is 0.967 bits per heavy atom. The summed E-state index contributed by atoms with van der Waals surface area (Å²) in [4.78, 5) is 12.3. The molecule has 0 radical (unpaired) electrons. The van der Waals surface area contributed by atoms with E-state index < -0.39 is 21.7 Å². The van der Waals surface area contributed by atoms with Crippen LogP contribution in [-0.4, -0.2) is 14.3 Å². The van der Waals surface area contributed by atoms with Crippen molar-refractivity contribution in [1.82, 2.24) is 0 Å². The van der Waals surface area contributed by atoms with E-state index in [1.165, 1.54) is 30.3 Å². The molecule has 0 saturated heterocycles. The number of nitrogens with one attached hydrogen (secondary N) is 2. The highest BCUT2D eigenvalue weighted by molar-refractivity contribution is 7.92. The summed E-state index contributed by atoms with van der Waals surface area (Å²) in [5.41, 5.74) is 2.44. The third kappa shape index (κ3) is 4.75. The quantitative estimate of drug-likeness (QED) is 0.498. The normalized spacial score (nSPS) is 11.2. The third-order valence-corrected chi connectivity index (χ3v) is 6.65. The molecule has 1 amide bonds. The van der Waals surface area contributed by atoms with Crippen LogP contribution in [0.4, 0.5) is 15.8 Å². The Hall–Kier alpha value is -2.61. The van der Waals surface area contributed by atoms with Crippen LogP contribution in [0.1, 0.15) is 21.5 Å². The summed E-state index contributed by atoms with van der Waals surface area (Å²) in [6, 6.07) is 12.8. The first-order chi connectivity index (χ1) is 14.1. The highest BCUT2D eigenvalue weighted by atomic mass is 35.5. The number of amides is 1. The predicted octanol–water partition coefficient (Wildman–Crippen LogP) is 5.80. The van der Waals surface area contributed by atoms with Gasteiger partial charge in [-0.15, -0.1) is 0 Å². The van der Waals surface area contributed by atoms with Gasteiger partial charge in [-0.1, -0.05) is 35.3 Å². The lowest BCUT2D eigenvalue weighted by molar-refractivity contribution is 0.102. The first-order valence-electron chi connectivity index (χ1n) is 8.73. The van der Waals surface area contributed by atoms with Gasteiger partial charge in [-0.3, -0.25) is 9.52 Å². The van der Waals surface area contributed by atoms with Crippen molar-refractivity contribution in [3.63, 3.8) is 0 Å². The average molecular weight is 467 g/mol. The monoisotopic (exact) mass is 466 g/mol. The molecule has 0 aliphatic carbocycles. The molecule has 0 aliphatic rings. The zero-order valence-corrected chi connectivity index (χ0v) is 18.3. The van der Waals surface area contributed by atoms with Crippen molar-refractivity contribution in [3.05, 3.63) is 87.2 Å². The van der Waals surface area contributed by atoms with Crippen molar-refractivity contribution in [3.8, 4) is 0 Å². The van der Waals surface area contributed by atoms with Gasteiger partial charge in [0.15, 0.2) is 0 Å². The van der Waals surface area contributed by atoms with E-state index in [9.17, 15) is 17.6 Å². The molecule has 0 saturated carbocycles. The van der Waals surface area contributed by atoms with Crippen LogP contribution in [-0.2, 0) is 10.0 Å². The summed E-state index contributed by atoms with van der Waals surface area (Å²) >= 11 is 11.8. The largest absolute Gasteiger partial charge is 0.322 e. The van der Waals surface area contributed by atoms with E-state index in [1.54, 1.807) is 19.1 Å². The summed E-state index contributed by atoms with van der Waals surface area (Å²) in [5.74, 6) is -1.22. The number of hydrogen-bond acceptors (Lipinski definition) is 3. The van der Waals surface area contributed by atoms with Gasteiger partial charge >= 0.3 is 0 Å². The summed E-state index contributed by atoms with van der Waals surface area (Å²) in [7, 11) is -4.06. The lowest BCUT2D eigenvalue weighted by Crippen LogP contribution is -2.17. The summed E-state index contributed by atoms with van der Waals surface area (Å²) in [6.45, 7) is 3.67. The van der Waals surface area contributed by atoms with Gasteiger partial charge in [-0.2, -0.15) is 0 Å². The minimum atomic E-state index is -4.06. The van der Waals surface area contributed by atoms with Crippen LogP contribution in [0.5, 0.6) is 0 Å². The van der Waals surface area contributed by atoms with E-state index in [0.29, 0.717) is 5.69 Å². The zero-order chi connectivity index (χ0) is 22.1. The Bertz CT molecular complexity index is 1250. The summed E-state index contributed by atoms with van der Waals surface area (Å²) < 4.78 is 41.6. The Balaban J connectivity index is 1.91. The highest BCUT2D eigenvalue weighted by Gasteiger charge is 2.21. The van der Waals surface area contributed by atoms with Crippen LogP contribution in [0, 0.1) is 19.7 Å². The van der Waals surface area contributed by atoms with Gasteiger partial charge in [0.1, 0.15) is 10.7 Å². The predicted molar refractivity (Wildman–Crippen MR) is 118 cm³/mol. The molecule has 3 aromatic rings. The zero-order valence-electron chi connectivity index (χ0n) is 16.0. The molecule has 0 aromatic heterocycles. The second-order valence-electron chi connectivity index (χ2n) is 6.58. The third-order valence-electron chi connectivity index (χ3n) is 4.51. The molecule has 0 spiro atoms. The molecule has 0 heterocycles. The smallest absolute Gasteiger partial charge is 0.263 e. The maximum Gasteiger partial charge on any atom is 0.263 e. The number of carbonyl (C=O) groups excluding carboxylic acids is 1. The molecule has 0 bridgehead atoms. The van der Waals surface area contributed by atoms with Gasteiger partial charge in [0.05, 0.1) is 15.7 Å². The average Bonchev–Trinajstić information content (AvgIpc) is 2.68. The van der Waals surface area contributed by atoms with Gasteiger partial charge in [0.2, 0.25) is 0 Å². The van der Waals surface area contributed by atoms with Crippen LogP contribution in [0.25, 0.3) is 0 Å². The van der Waals surface area contributed by atoms with Crippen molar-refractivity contribution >= 4 is 50.5 Å². The van der Waals surface area contributed by atoms with Gasteiger partial charge in [-0.25, -0.2) is 12.8 Å². The second-order valence-corrected chi connectivity index (χ2v) is 9.05. The minimum absolute atomic E-state index is 0.0332. The standard InChI is InChI=1S/C21H17Cl2FN2O3S/c1-12-4-3-5-19(13(12)2)26-30(28,29)20-10-14(6-8-16(20)22)21(27)25-15-7-9-18(24)17(23)11-15/h3-11,26H,1-2H3,(H,25,27). The molecule has 9 heteroatoms. The molecule has 3 aromatic carbocycles. The van der Waals surface area contributed by atoms with Crippen molar-refractivity contribution in [1.29, 1.82) is 0 Å². The Kier molecular flexibility index (Phi) is 6.36. The molecule has 156 valence electrons. The molecule has 0 aliphatic heterocycles. The number of sulfonamides is 1. The summed E-state index contributed by atoms with van der Waals surface area (Å²) in [5, 5.41) is 2.36. The lowest BCUT2D eigenvalue weighted by Gasteiger charge is -2.14. The van der Waals surface area contributed by atoms with E-state index in [2.05, 4.69) is 10.0 Å². The maximum absolute atomic E-state index is 13.3. The van der Waals surface area contributed by atoms with Crippen molar-refractivity contribution in [2.45, 2.75) is 18.7 Å².